The fourth-order valence-electron chi connectivity index (χ4n) is 4.18. The van der Waals surface area contributed by atoms with Gasteiger partial charge in [-0.15, -0.1) is 0 Å². The topological polar surface area (TPSA) is 75.4 Å². The number of nitrogens with one attached hydrogen (secondary N) is 1. The van der Waals surface area contributed by atoms with Crippen molar-refractivity contribution in [3.05, 3.63) is 40.8 Å². The number of piperazine rings is 1. The molecule has 3 aromatic rings. The Labute approximate surface area is 176 Å². The van der Waals surface area contributed by atoms with E-state index in [0.29, 0.717) is 31.4 Å². The summed E-state index contributed by atoms with van der Waals surface area (Å²) in [5.74, 6) is 0.0689. The van der Waals surface area contributed by atoms with Crippen LogP contribution in [0.4, 0.5) is 0 Å². The van der Waals surface area contributed by atoms with E-state index in [-0.39, 0.29) is 11.5 Å². The van der Waals surface area contributed by atoms with Gasteiger partial charge in [-0.05, 0) is 19.5 Å². The van der Waals surface area contributed by atoms with E-state index in [1.807, 2.05) is 28.8 Å². The molecule has 0 atom stereocenters. The normalized spacial score (nSPS) is 15.8. The van der Waals surface area contributed by atoms with Crippen molar-refractivity contribution in [1.82, 2.24) is 29.5 Å². The number of likely N-dealkylation sites (N-methyl/N-ethyl adjacent to an activating group) is 1. The van der Waals surface area contributed by atoms with E-state index in [0.717, 1.165) is 49.0 Å². The van der Waals surface area contributed by atoms with Gasteiger partial charge in [0.1, 0.15) is 5.52 Å². The summed E-state index contributed by atoms with van der Waals surface area (Å²) in [6.07, 6.45) is 2.88. The average molecular weight is 411 g/mol. The Morgan fingerprint density at radius 3 is 2.63 bits per heavy atom. The van der Waals surface area contributed by atoms with Gasteiger partial charge in [0.15, 0.2) is 0 Å². The zero-order valence-corrected chi connectivity index (χ0v) is 17.8. The SMILES string of the molecule is CN1CCN(CCNC(=O)CCCn2c3ccccc3c3cnn(C)c(=O)c32)CC1. The molecule has 3 heterocycles. The molecule has 1 aromatic carbocycles. The molecule has 1 saturated heterocycles. The van der Waals surface area contributed by atoms with E-state index in [1.165, 1.54) is 4.68 Å². The van der Waals surface area contributed by atoms with Crippen LogP contribution < -0.4 is 10.9 Å². The molecule has 1 aliphatic heterocycles. The van der Waals surface area contributed by atoms with Crippen molar-refractivity contribution < 1.29 is 4.79 Å². The van der Waals surface area contributed by atoms with Crippen molar-refractivity contribution in [3.8, 4) is 0 Å². The maximum Gasteiger partial charge on any atom is 0.291 e. The van der Waals surface area contributed by atoms with Gasteiger partial charge in [0.05, 0.1) is 6.20 Å². The summed E-state index contributed by atoms with van der Waals surface area (Å²) in [6.45, 7) is 6.49. The lowest BCUT2D eigenvalue weighted by Crippen LogP contribution is -2.46. The molecule has 0 saturated carbocycles. The van der Waals surface area contributed by atoms with Gasteiger partial charge in [-0.2, -0.15) is 5.10 Å². The molecule has 4 rings (SSSR count). The maximum absolute atomic E-state index is 12.7. The van der Waals surface area contributed by atoms with Gasteiger partial charge in [0, 0.05) is 75.6 Å². The third-order valence-electron chi connectivity index (χ3n) is 6.00. The van der Waals surface area contributed by atoms with Crippen LogP contribution >= 0.6 is 0 Å². The summed E-state index contributed by atoms with van der Waals surface area (Å²) in [6, 6.07) is 7.98. The summed E-state index contributed by atoms with van der Waals surface area (Å²) in [5.41, 5.74) is 1.55. The van der Waals surface area contributed by atoms with E-state index < -0.39 is 0 Å². The molecule has 2 aromatic heterocycles. The lowest BCUT2D eigenvalue weighted by Gasteiger charge is -2.32. The van der Waals surface area contributed by atoms with Crippen LogP contribution in [0.1, 0.15) is 12.8 Å². The fraction of sp³-hybridized carbons (Fsp3) is 0.500. The Morgan fingerprint density at radius 1 is 1.07 bits per heavy atom. The van der Waals surface area contributed by atoms with Crippen molar-refractivity contribution in [2.45, 2.75) is 19.4 Å². The molecule has 1 aliphatic rings. The van der Waals surface area contributed by atoms with Gasteiger partial charge in [-0.3, -0.25) is 14.5 Å². The molecule has 0 aliphatic carbocycles. The second-order valence-corrected chi connectivity index (χ2v) is 8.10. The molecule has 30 heavy (non-hydrogen) atoms. The molecule has 1 amide bonds. The van der Waals surface area contributed by atoms with Gasteiger partial charge in [0.2, 0.25) is 5.91 Å². The Hall–Kier alpha value is -2.71. The predicted molar refractivity (Wildman–Crippen MR) is 119 cm³/mol. The number of para-hydroxylation sites is 1. The molecule has 0 radical (unpaired) electrons. The quantitative estimate of drug-likeness (QED) is 0.630. The lowest BCUT2D eigenvalue weighted by molar-refractivity contribution is -0.121. The van der Waals surface area contributed by atoms with Crippen LogP contribution in [-0.2, 0) is 18.4 Å². The molecular formula is C22H30N6O2. The first-order valence-electron chi connectivity index (χ1n) is 10.7. The van der Waals surface area contributed by atoms with E-state index >= 15 is 0 Å². The summed E-state index contributed by atoms with van der Waals surface area (Å²) < 4.78 is 3.40. The fourth-order valence-corrected chi connectivity index (χ4v) is 4.18. The van der Waals surface area contributed by atoms with Gasteiger partial charge >= 0.3 is 0 Å². The number of amides is 1. The average Bonchev–Trinajstić information content (AvgIpc) is 3.07. The molecule has 8 heteroatoms. The second-order valence-electron chi connectivity index (χ2n) is 8.10. The number of rotatable bonds is 7. The summed E-state index contributed by atoms with van der Waals surface area (Å²) >= 11 is 0. The van der Waals surface area contributed by atoms with E-state index in [9.17, 15) is 9.59 Å². The first-order valence-corrected chi connectivity index (χ1v) is 10.7. The van der Waals surface area contributed by atoms with E-state index in [4.69, 9.17) is 0 Å². The lowest BCUT2D eigenvalue weighted by atomic mass is 10.2. The Morgan fingerprint density at radius 2 is 1.83 bits per heavy atom. The molecular weight excluding hydrogens is 380 g/mol. The van der Waals surface area contributed by atoms with Gasteiger partial charge < -0.3 is 14.8 Å². The molecule has 0 unspecified atom stereocenters. The van der Waals surface area contributed by atoms with E-state index in [1.54, 1.807) is 13.2 Å². The van der Waals surface area contributed by atoms with Crippen molar-refractivity contribution in [1.29, 1.82) is 0 Å². The number of hydrogen-bond donors (Lipinski definition) is 1. The highest BCUT2D eigenvalue weighted by Crippen LogP contribution is 2.26. The van der Waals surface area contributed by atoms with Crippen LogP contribution in [0.3, 0.4) is 0 Å². The Bertz CT molecular complexity index is 1090. The van der Waals surface area contributed by atoms with Crippen LogP contribution in [0.15, 0.2) is 35.3 Å². The van der Waals surface area contributed by atoms with Crippen molar-refractivity contribution in [2.24, 2.45) is 7.05 Å². The smallest absolute Gasteiger partial charge is 0.291 e. The highest BCUT2D eigenvalue weighted by atomic mass is 16.1. The van der Waals surface area contributed by atoms with Gasteiger partial charge in [-0.1, -0.05) is 18.2 Å². The number of benzene rings is 1. The first-order chi connectivity index (χ1) is 14.5. The van der Waals surface area contributed by atoms with Crippen LogP contribution in [0.25, 0.3) is 21.8 Å². The van der Waals surface area contributed by atoms with Crippen LogP contribution in [0.5, 0.6) is 0 Å². The number of aryl methyl sites for hydroxylation is 2. The first kappa shape index (κ1) is 20.6. The zero-order valence-electron chi connectivity index (χ0n) is 17.8. The number of aromatic nitrogens is 3. The molecule has 8 nitrogen and oxygen atoms in total. The largest absolute Gasteiger partial charge is 0.355 e. The number of fused-ring (bicyclic) bond motifs is 3. The highest BCUT2D eigenvalue weighted by Gasteiger charge is 2.16. The molecule has 1 N–H and O–H groups in total. The number of carbonyl (C=O) groups excluding carboxylic acids is 1. The van der Waals surface area contributed by atoms with Crippen LogP contribution in [0.2, 0.25) is 0 Å². The molecule has 0 bridgehead atoms. The minimum Gasteiger partial charge on any atom is -0.355 e. The number of carbonyl (C=O) groups is 1. The zero-order chi connectivity index (χ0) is 21.1. The number of nitrogens with zero attached hydrogens (tertiary/aromatic N) is 5. The standard InChI is InChI=1S/C22H30N6O2/c1-25-12-14-27(15-13-25)11-9-23-20(29)8-5-10-28-19-7-4-3-6-17(19)18-16-24-26(2)22(30)21(18)28/h3-4,6-7,16H,5,8-15H2,1-2H3,(H,23,29). The van der Waals surface area contributed by atoms with Gasteiger partial charge in [0.25, 0.3) is 5.56 Å². The van der Waals surface area contributed by atoms with E-state index in [2.05, 4.69) is 27.3 Å². The monoisotopic (exact) mass is 410 g/mol. The maximum atomic E-state index is 12.7. The third-order valence-corrected chi connectivity index (χ3v) is 6.00. The Kier molecular flexibility index (Phi) is 6.15. The van der Waals surface area contributed by atoms with Crippen molar-refractivity contribution in [2.75, 3.05) is 46.3 Å². The van der Waals surface area contributed by atoms with Crippen LogP contribution in [0, 0.1) is 0 Å². The molecule has 160 valence electrons. The van der Waals surface area contributed by atoms with Crippen molar-refractivity contribution >= 4 is 27.7 Å². The summed E-state index contributed by atoms with van der Waals surface area (Å²) in [4.78, 5) is 29.7. The minimum absolute atomic E-state index is 0.0689. The molecule has 0 spiro atoms. The molecule has 1 fully saturated rings. The third kappa shape index (κ3) is 4.24. The second kappa shape index (κ2) is 8.97. The van der Waals surface area contributed by atoms with Crippen molar-refractivity contribution in [3.63, 3.8) is 0 Å². The number of hydrogen-bond acceptors (Lipinski definition) is 5. The minimum atomic E-state index is -0.111. The summed E-state index contributed by atoms with van der Waals surface area (Å²) in [5, 5.41) is 9.10. The predicted octanol–water partition coefficient (Wildman–Crippen LogP) is 1.03. The highest BCUT2D eigenvalue weighted by molar-refractivity contribution is 6.07. The van der Waals surface area contributed by atoms with Crippen LogP contribution in [-0.4, -0.2) is 76.4 Å². The Balaban J connectivity index is 1.36. The van der Waals surface area contributed by atoms with Gasteiger partial charge in [-0.25, -0.2) is 4.68 Å². The summed E-state index contributed by atoms with van der Waals surface area (Å²) in [7, 11) is 3.81.